The maximum atomic E-state index is 6.14. The fourth-order valence-electron chi connectivity index (χ4n) is 11.9. The van der Waals surface area contributed by atoms with Crippen LogP contribution in [-0.4, -0.2) is 53.4 Å². The molecule has 0 fully saturated rings. The van der Waals surface area contributed by atoms with E-state index in [9.17, 15) is 0 Å². The third-order valence-electron chi connectivity index (χ3n) is 16.3. The monoisotopic (exact) mass is 1200 g/mol. The van der Waals surface area contributed by atoms with Crippen LogP contribution in [0.25, 0.3) is 77.6 Å². The summed E-state index contributed by atoms with van der Waals surface area (Å²) in [6, 6.07) is 80.9. The van der Waals surface area contributed by atoms with E-state index in [-0.39, 0.29) is 0 Å². The van der Waals surface area contributed by atoms with Crippen LogP contribution in [-0.2, 0) is 19.6 Å². The van der Waals surface area contributed by atoms with Gasteiger partial charge in [0.2, 0.25) is 6.54 Å². The molecule has 3 heterocycles. The molecule has 91 heavy (non-hydrogen) atoms. The highest BCUT2D eigenvalue weighted by Gasteiger charge is 2.28. The fourth-order valence-corrected chi connectivity index (χ4v) is 11.9. The molecule has 13 aromatic rings. The molecule has 0 aliphatic carbocycles. The standard InChI is InChI=1S/C78H78N11O2/c1-54(2)51-87-83-77-71(59-35-43-67(44-36-59)90-52-55(3)4)75-76(72(78(77)84-87)60-37-45-68(46-38-60)91-53-56(5)6)82-86(81-75)50-22-8-7-21-49-85-79-73-69(57-31-39-65(40-32-57)88(61-23-13-9-14-24-61)62-25-15-10-16-26-62)47-48-70(74(73)80-85)58-33-41-66(42-34-58)89(63-27-17-11-18-28-63)64-29-19-12-20-30-64/h9-20,23-48,54-56H,7-8,21-22,49-53H2,1-6H3,(H,83,84)/q+1. The predicted octanol–water partition coefficient (Wildman–Crippen LogP) is 18.9. The maximum Gasteiger partial charge on any atom is 0.203 e. The van der Waals surface area contributed by atoms with Crippen LogP contribution in [0.3, 0.4) is 0 Å². The van der Waals surface area contributed by atoms with Crippen LogP contribution in [0.4, 0.5) is 34.1 Å². The highest BCUT2D eigenvalue weighted by Crippen LogP contribution is 2.43. The Balaban J connectivity index is 0.785. The molecule has 456 valence electrons. The first-order valence-corrected chi connectivity index (χ1v) is 32.1. The van der Waals surface area contributed by atoms with Gasteiger partial charge in [0.25, 0.3) is 0 Å². The summed E-state index contributed by atoms with van der Waals surface area (Å²) in [4.78, 5) is 10.3. The number of hydrogen-bond acceptors (Lipinski definition) is 9. The van der Waals surface area contributed by atoms with Crippen molar-refractivity contribution in [2.45, 2.75) is 86.9 Å². The van der Waals surface area contributed by atoms with Crippen molar-refractivity contribution in [1.29, 1.82) is 0 Å². The Morgan fingerprint density at radius 1 is 0.363 bits per heavy atom. The summed E-state index contributed by atoms with van der Waals surface area (Å²) in [5.41, 5.74) is 19.8. The Morgan fingerprint density at radius 3 is 1.10 bits per heavy atom. The van der Waals surface area contributed by atoms with Crippen LogP contribution in [0.15, 0.2) is 231 Å². The molecule has 10 aromatic carbocycles. The van der Waals surface area contributed by atoms with Crippen LogP contribution in [0.1, 0.15) is 67.2 Å². The normalized spacial score (nSPS) is 11.7. The second-order valence-electron chi connectivity index (χ2n) is 24.8. The molecule has 0 saturated carbocycles. The van der Waals surface area contributed by atoms with Crippen molar-refractivity contribution in [3.8, 4) is 56.0 Å². The number of ether oxygens (including phenoxy) is 2. The van der Waals surface area contributed by atoms with Gasteiger partial charge in [0.15, 0.2) is 5.52 Å². The summed E-state index contributed by atoms with van der Waals surface area (Å²) in [5, 5.41) is 30.3. The van der Waals surface area contributed by atoms with E-state index >= 15 is 0 Å². The molecule has 0 radical (unpaired) electrons. The van der Waals surface area contributed by atoms with Crippen molar-refractivity contribution in [2.24, 2.45) is 17.8 Å². The number of aryl methyl sites for hydroxylation is 2. The van der Waals surface area contributed by atoms with Gasteiger partial charge in [-0.15, -0.1) is 5.10 Å². The predicted molar refractivity (Wildman–Crippen MR) is 370 cm³/mol. The van der Waals surface area contributed by atoms with E-state index in [1.807, 2.05) is 26.5 Å². The van der Waals surface area contributed by atoms with Crippen molar-refractivity contribution < 1.29 is 14.3 Å². The molecule has 0 unspecified atom stereocenters. The molecular weight excluding hydrogens is 1120 g/mol. The van der Waals surface area contributed by atoms with E-state index in [4.69, 9.17) is 35.0 Å². The summed E-state index contributed by atoms with van der Waals surface area (Å²) < 4.78 is 12.3. The van der Waals surface area contributed by atoms with E-state index in [1.54, 1.807) is 0 Å². The first-order valence-electron chi connectivity index (χ1n) is 32.1. The van der Waals surface area contributed by atoms with Gasteiger partial charge in [-0.25, -0.2) is 0 Å². The molecule has 0 atom stereocenters. The summed E-state index contributed by atoms with van der Waals surface area (Å²) >= 11 is 0. The van der Waals surface area contributed by atoms with Crippen LogP contribution in [0.2, 0.25) is 0 Å². The molecule has 0 amide bonds. The molecule has 0 spiro atoms. The quantitative estimate of drug-likeness (QED) is 0.0441. The van der Waals surface area contributed by atoms with Crippen molar-refractivity contribution in [1.82, 2.24) is 40.2 Å². The molecule has 0 aliphatic rings. The number of para-hydroxylation sites is 4. The molecule has 0 aliphatic heterocycles. The van der Waals surface area contributed by atoms with Gasteiger partial charge in [0.1, 0.15) is 39.1 Å². The minimum Gasteiger partial charge on any atom is -0.493 e. The minimum absolute atomic E-state index is 0.376. The number of unbranched alkanes of at least 4 members (excludes halogenated alkanes) is 3. The third-order valence-corrected chi connectivity index (χ3v) is 16.3. The van der Waals surface area contributed by atoms with Gasteiger partial charge in [-0.3, -0.25) is 0 Å². The molecule has 0 bridgehead atoms. The average Bonchev–Trinajstić information content (AvgIpc) is 1.65. The Kier molecular flexibility index (Phi) is 17.8. The highest BCUT2D eigenvalue weighted by atomic mass is 16.5. The second kappa shape index (κ2) is 27.1. The van der Waals surface area contributed by atoms with Crippen LogP contribution in [0.5, 0.6) is 11.5 Å². The lowest BCUT2D eigenvalue weighted by Gasteiger charge is -2.25. The lowest BCUT2D eigenvalue weighted by Crippen LogP contribution is -2.41. The fraction of sp³-hybridized carbons (Fsp3) is 0.231. The number of benzene rings is 10. The molecule has 13 rings (SSSR count). The average molecular weight is 1200 g/mol. The second-order valence-corrected chi connectivity index (χ2v) is 24.8. The summed E-state index contributed by atoms with van der Waals surface area (Å²) in [6.07, 6.45) is 3.76. The number of aromatic amines is 1. The van der Waals surface area contributed by atoms with Gasteiger partial charge in [-0.05, 0) is 149 Å². The summed E-state index contributed by atoms with van der Waals surface area (Å²) in [5.74, 6) is 2.88. The van der Waals surface area contributed by atoms with Gasteiger partial charge >= 0.3 is 0 Å². The number of rotatable bonds is 25. The largest absolute Gasteiger partial charge is 0.493 e. The molecule has 0 saturated heterocycles. The van der Waals surface area contributed by atoms with E-state index in [0.29, 0.717) is 44.1 Å². The van der Waals surface area contributed by atoms with E-state index in [2.05, 4.69) is 275 Å². The Morgan fingerprint density at radius 2 is 0.714 bits per heavy atom. The zero-order chi connectivity index (χ0) is 62.2. The van der Waals surface area contributed by atoms with E-state index < -0.39 is 0 Å². The highest BCUT2D eigenvalue weighted by molar-refractivity contribution is 6.16. The number of anilines is 6. The zero-order valence-corrected chi connectivity index (χ0v) is 52.8. The first kappa shape index (κ1) is 59.6. The van der Waals surface area contributed by atoms with Gasteiger partial charge in [0.05, 0.1) is 26.3 Å². The van der Waals surface area contributed by atoms with Crippen molar-refractivity contribution in [3.05, 3.63) is 231 Å². The van der Waals surface area contributed by atoms with Crippen molar-refractivity contribution in [3.63, 3.8) is 0 Å². The molecule has 1 N–H and O–H groups in total. The number of H-pyrrole nitrogens is 1. The molecule has 13 nitrogen and oxygen atoms in total. The number of aromatic nitrogens is 9. The first-order chi connectivity index (χ1) is 44.6. The molecule has 13 heteroatoms. The van der Waals surface area contributed by atoms with Crippen molar-refractivity contribution >= 4 is 67.2 Å². The summed E-state index contributed by atoms with van der Waals surface area (Å²) in [6.45, 7) is 16.4. The zero-order valence-electron chi connectivity index (χ0n) is 52.8. The van der Waals surface area contributed by atoms with Gasteiger partial charge in [-0.2, -0.15) is 30.0 Å². The molecule has 3 aromatic heterocycles. The van der Waals surface area contributed by atoms with Gasteiger partial charge in [-0.1, -0.05) is 188 Å². The topological polar surface area (TPSA) is 119 Å². The Bertz CT molecular complexity index is 4160. The molecular formula is C78H78N11O2+. The maximum absolute atomic E-state index is 6.14. The number of hydrogen-bond donors (Lipinski definition) is 1. The SMILES string of the molecule is CC(C)COc1ccc(-c2c3nn(CCCCCCn4nc5c(-c6ccc(N(c7ccccc7)c7ccccc7)cc6)ccc(-c6ccc(N(c7ccccc7)c7ccccc7)cc6)c5n4)nc3c(-c3ccc(OCC(C)C)cc3)c3[nH][n+](CC(C)C)nc23)cc1. The van der Waals surface area contributed by atoms with E-state index in [1.165, 1.54) is 0 Å². The third kappa shape index (κ3) is 13.3. The van der Waals surface area contributed by atoms with Crippen LogP contribution in [0, 0.1) is 17.8 Å². The van der Waals surface area contributed by atoms with Gasteiger partial charge < -0.3 is 19.3 Å². The number of nitrogens with zero attached hydrogens (tertiary/aromatic N) is 10. The number of nitrogens with one attached hydrogen (secondary N) is 1. The smallest absolute Gasteiger partial charge is 0.203 e. The van der Waals surface area contributed by atoms with E-state index in [0.717, 1.165) is 155 Å². The lowest BCUT2D eigenvalue weighted by atomic mass is 9.95. The lowest BCUT2D eigenvalue weighted by molar-refractivity contribution is -0.804. The summed E-state index contributed by atoms with van der Waals surface area (Å²) in [7, 11) is 0. The van der Waals surface area contributed by atoms with Crippen LogP contribution >= 0.6 is 0 Å². The van der Waals surface area contributed by atoms with Gasteiger partial charge in [0, 0.05) is 67.4 Å². The van der Waals surface area contributed by atoms with Crippen LogP contribution < -0.4 is 24.1 Å². The Hall–Kier alpha value is -10.4. The minimum atomic E-state index is 0.376. The Labute approximate surface area is 533 Å². The van der Waals surface area contributed by atoms with Crippen molar-refractivity contribution in [2.75, 3.05) is 23.0 Å². The number of fused-ring (bicyclic) bond motifs is 3.